The highest BCUT2D eigenvalue weighted by atomic mass is 16.3. The lowest BCUT2D eigenvalue weighted by Crippen LogP contribution is -2.63. The molecule has 3 amide bonds. The lowest BCUT2D eigenvalue weighted by Gasteiger charge is -2.62. The predicted molar refractivity (Wildman–Crippen MR) is 225 cm³/mol. The molecule has 1 saturated heterocycles. The number of carbonyl (C=O) groups excluding carboxylic acids is 3. The Morgan fingerprint density at radius 1 is 0.690 bits per heavy atom. The number of rotatable bonds is 11. The van der Waals surface area contributed by atoms with Gasteiger partial charge in [0.05, 0.1) is 18.6 Å². The van der Waals surface area contributed by atoms with E-state index < -0.39 is 12.1 Å². The highest BCUT2D eigenvalue weighted by molar-refractivity contribution is 5.92. The van der Waals surface area contributed by atoms with Gasteiger partial charge in [-0.25, -0.2) is 0 Å². The summed E-state index contributed by atoms with van der Waals surface area (Å²) in [6, 6.07) is 27.3. The summed E-state index contributed by atoms with van der Waals surface area (Å²) in [6.07, 6.45) is 8.78. The fourth-order valence-corrected chi connectivity index (χ4v) is 12.5. The van der Waals surface area contributed by atoms with Gasteiger partial charge in [-0.15, -0.1) is 0 Å². The van der Waals surface area contributed by atoms with Gasteiger partial charge in [0.2, 0.25) is 17.7 Å². The van der Waals surface area contributed by atoms with Gasteiger partial charge in [-0.05, 0) is 103 Å². The lowest BCUT2D eigenvalue weighted by atomic mass is 9.44. The number of piperazine rings is 1. The zero-order valence-electron chi connectivity index (χ0n) is 34.5. The molecule has 1 aliphatic heterocycles. The number of benzene rings is 3. The molecule has 58 heavy (non-hydrogen) atoms. The van der Waals surface area contributed by atoms with Crippen LogP contribution in [0.15, 0.2) is 91.0 Å². The van der Waals surface area contributed by atoms with E-state index in [1.165, 1.54) is 19.3 Å². The van der Waals surface area contributed by atoms with E-state index in [1.807, 2.05) is 95.9 Å². The molecule has 4 aliphatic carbocycles. The first kappa shape index (κ1) is 40.7. The Morgan fingerprint density at radius 3 is 1.91 bits per heavy atom. The summed E-state index contributed by atoms with van der Waals surface area (Å²) < 4.78 is 0. The maximum atomic E-state index is 14.5. The van der Waals surface area contributed by atoms with Gasteiger partial charge in [-0.3, -0.25) is 19.3 Å². The van der Waals surface area contributed by atoms with E-state index in [0.717, 1.165) is 48.8 Å². The van der Waals surface area contributed by atoms with Crippen molar-refractivity contribution in [2.24, 2.45) is 34.5 Å². The molecule has 3 aromatic rings. The van der Waals surface area contributed by atoms with Gasteiger partial charge in [-0.2, -0.15) is 0 Å². The van der Waals surface area contributed by atoms with E-state index in [2.05, 4.69) is 29.4 Å². The van der Waals surface area contributed by atoms with E-state index in [0.29, 0.717) is 62.7 Å². The Balaban J connectivity index is 0.943. The first-order chi connectivity index (χ1) is 28.0. The second kappa shape index (κ2) is 17.3. The molecule has 8 rings (SSSR count). The summed E-state index contributed by atoms with van der Waals surface area (Å²) in [5, 5.41) is 28.8. The van der Waals surface area contributed by atoms with Crippen molar-refractivity contribution in [1.82, 2.24) is 20.4 Å². The maximum Gasteiger partial charge on any atom is 0.245 e. The van der Waals surface area contributed by atoms with Gasteiger partial charge >= 0.3 is 0 Å². The van der Waals surface area contributed by atoms with Gasteiger partial charge in [-0.1, -0.05) is 105 Å². The van der Waals surface area contributed by atoms with Crippen LogP contribution in [-0.2, 0) is 33.6 Å². The summed E-state index contributed by atoms with van der Waals surface area (Å²) >= 11 is 0. The van der Waals surface area contributed by atoms with Crippen LogP contribution in [-0.4, -0.2) is 94.2 Å². The van der Waals surface area contributed by atoms with E-state index in [1.54, 1.807) is 0 Å². The van der Waals surface area contributed by atoms with Gasteiger partial charge in [0.25, 0.3) is 0 Å². The molecule has 3 aromatic carbocycles. The summed E-state index contributed by atoms with van der Waals surface area (Å²) in [7, 11) is 0. The molecule has 4 N–H and O–H groups in total. The number of aliphatic hydroxyl groups is 2. The summed E-state index contributed by atoms with van der Waals surface area (Å²) in [5.74, 6) is 1.65. The number of carbonyl (C=O) groups is 3. The molecule has 0 spiro atoms. The molecule has 310 valence electrons. The molecule has 0 bridgehead atoms. The monoisotopic (exact) mass is 788 g/mol. The van der Waals surface area contributed by atoms with Crippen LogP contribution >= 0.6 is 0 Å². The van der Waals surface area contributed by atoms with Crippen LogP contribution in [0.25, 0.3) is 0 Å². The van der Waals surface area contributed by atoms with Crippen LogP contribution in [0.4, 0.5) is 0 Å². The predicted octanol–water partition coefficient (Wildman–Crippen LogP) is 5.57. The summed E-state index contributed by atoms with van der Waals surface area (Å²) in [4.78, 5) is 46.3. The zero-order chi connectivity index (χ0) is 40.4. The van der Waals surface area contributed by atoms with Crippen LogP contribution in [0.2, 0.25) is 0 Å². The number of aliphatic hydroxyl groups excluding tert-OH is 2. The Bertz CT molecular complexity index is 1870. The number of nitrogens with zero attached hydrogens (tertiary/aromatic N) is 2. The molecule has 0 unspecified atom stereocenters. The average Bonchev–Trinajstić information content (AvgIpc) is 3.54. The molecular weight excluding hydrogens is 725 g/mol. The van der Waals surface area contributed by atoms with Crippen molar-refractivity contribution in [2.75, 3.05) is 26.2 Å². The van der Waals surface area contributed by atoms with Crippen LogP contribution in [0, 0.1) is 34.5 Å². The van der Waals surface area contributed by atoms with Crippen LogP contribution in [0.3, 0.4) is 0 Å². The van der Waals surface area contributed by atoms with Crippen molar-refractivity contribution >= 4 is 17.7 Å². The Labute approximate surface area is 345 Å². The molecule has 5 fully saturated rings. The first-order valence-electron chi connectivity index (χ1n) is 22.1. The fraction of sp³-hybridized carbons (Fsp3) is 0.571. The van der Waals surface area contributed by atoms with E-state index >= 15 is 0 Å². The molecular formula is C49H64N4O5. The van der Waals surface area contributed by atoms with Gasteiger partial charge in [0, 0.05) is 45.1 Å². The smallest absolute Gasteiger partial charge is 0.245 e. The highest BCUT2D eigenvalue weighted by Crippen LogP contribution is 2.66. The molecule has 5 aliphatic rings. The SMILES string of the molecule is C[C@]12C[C@H](N3CCN(C(=O)[C@H](Cc4ccccc4)NC(=O)[C@H](Cc4ccccc4)NC(=O)Cc4ccccc4)CC3)[C@@H](O)C[C@@H]1CC[C@@H]1[C@@H]2CC[C@]2(C)[C@@H](O)CC[C@@H]12. The summed E-state index contributed by atoms with van der Waals surface area (Å²) in [5.41, 5.74) is 2.93. The van der Waals surface area contributed by atoms with Gasteiger partial charge in [0.1, 0.15) is 12.1 Å². The number of amides is 3. The minimum atomic E-state index is -0.865. The van der Waals surface area contributed by atoms with Crippen LogP contribution in [0.1, 0.15) is 81.9 Å². The van der Waals surface area contributed by atoms with Crippen molar-refractivity contribution in [1.29, 1.82) is 0 Å². The summed E-state index contributed by atoms with van der Waals surface area (Å²) in [6.45, 7) is 7.26. The second-order valence-corrected chi connectivity index (χ2v) is 19.0. The Morgan fingerprint density at radius 2 is 1.28 bits per heavy atom. The van der Waals surface area contributed by atoms with E-state index in [4.69, 9.17) is 0 Å². The number of hydrogen-bond donors (Lipinski definition) is 4. The third-order valence-electron chi connectivity index (χ3n) is 15.8. The first-order valence-corrected chi connectivity index (χ1v) is 22.1. The lowest BCUT2D eigenvalue weighted by molar-refractivity contribution is -0.157. The van der Waals surface area contributed by atoms with Crippen molar-refractivity contribution in [3.05, 3.63) is 108 Å². The largest absolute Gasteiger partial charge is 0.393 e. The molecule has 0 aromatic heterocycles. The maximum absolute atomic E-state index is 14.5. The minimum Gasteiger partial charge on any atom is -0.393 e. The highest BCUT2D eigenvalue weighted by Gasteiger charge is 2.61. The minimum absolute atomic E-state index is 0.0533. The number of fused-ring (bicyclic) bond motifs is 5. The zero-order valence-corrected chi connectivity index (χ0v) is 34.5. The third kappa shape index (κ3) is 8.37. The van der Waals surface area contributed by atoms with Crippen molar-refractivity contribution in [3.8, 4) is 0 Å². The Kier molecular flexibility index (Phi) is 12.1. The average molecular weight is 789 g/mol. The molecule has 1 heterocycles. The standard InChI is InChI=1S/C49H64N4O5/c1-48-23-22-39-37(38(48)20-21-44(48)55)19-18-36-31-43(54)42(32-49(36,39)2)52-24-26-53(27-25-52)47(58)41(29-34-14-8-4-9-15-34)51-46(57)40(28-33-12-6-3-7-13-33)50-45(56)30-35-16-10-5-11-17-35/h3-17,36-44,54-55H,18-32H2,1-2H3,(H,50,56)(H,51,57)/t36-,37-,38-,39-,40-,41-,42-,43-,44-,48-,49-/m0/s1. The fourth-order valence-electron chi connectivity index (χ4n) is 12.5. The Hall–Kier alpha value is -4.05. The quantitative estimate of drug-likeness (QED) is 0.202. The number of nitrogens with one attached hydrogen (secondary N) is 2. The normalized spacial score (nSPS) is 33.2. The van der Waals surface area contributed by atoms with Gasteiger partial charge in [0.15, 0.2) is 0 Å². The molecule has 9 nitrogen and oxygen atoms in total. The van der Waals surface area contributed by atoms with Crippen molar-refractivity contribution in [3.63, 3.8) is 0 Å². The number of hydrogen-bond acceptors (Lipinski definition) is 6. The van der Waals surface area contributed by atoms with Gasteiger partial charge < -0.3 is 25.7 Å². The third-order valence-corrected chi connectivity index (χ3v) is 15.8. The molecule has 11 atom stereocenters. The second-order valence-electron chi connectivity index (χ2n) is 19.0. The topological polar surface area (TPSA) is 122 Å². The van der Waals surface area contributed by atoms with Crippen molar-refractivity contribution in [2.45, 2.75) is 115 Å². The van der Waals surface area contributed by atoms with E-state index in [-0.39, 0.29) is 53.2 Å². The molecule has 0 radical (unpaired) electrons. The van der Waals surface area contributed by atoms with Crippen LogP contribution in [0.5, 0.6) is 0 Å². The van der Waals surface area contributed by atoms with Crippen molar-refractivity contribution < 1.29 is 24.6 Å². The van der Waals surface area contributed by atoms with E-state index in [9.17, 15) is 24.6 Å². The molecule has 9 heteroatoms. The van der Waals surface area contributed by atoms with Crippen LogP contribution < -0.4 is 10.6 Å². The molecule has 4 saturated carbocycles.